The van der Waals surface area contributed by atoms with Gasteiger partial charge in [0.1, 0.15) is 5.82 Å². The number of rotatable bonds is 3. The number of hydrogen-bond acceptors (Lipinski definition) is 5. The van der Waals surface area contributed by atoms with Crippen LogP contribution < -0.4 is 10.6 Å². The van der Waals surface area contributed by atoms with Crippen LogP contribution in [-0.2, 0) is 24.8 Å². The van der Waals surface area contributed by atoms with Crippen molar-refractivity contribution in [2.24, 2.45) is 0 Å². The largest absolute Gasteiger partial charge is 0.326 e. The van der Waals surface area contributed by atoms with Crippen LogP contribution in [0.4, 0.5) is 11.5 Å². The minimum Gasteiger partial charge on any atom is -0.326 e. The van der Waals surface area contributed by atoms with Gasteiger partial charge in [0.25, 0.3) is 0 Å². The normalized spacial score (nSPS) is 23.0. The summed E-state index contributed by atoms with van der Waals surface area (Å²) in [5, 5.41) is 10.4. The SMILES string of the molecule is CC(C)(C)c1cc(NC(=O)C2CC(=O)Nc3ccccc32)n(C2CCS(=O)(=O)C2)n1. The van der Waals surface area contributed by atoms with Gasteiger partial charge in [0.2, 0.25) is 11.8 Å². The highest BCUT2D eigenvalue weighted by molar-refractivity contribution is 7.91. The van der Waals surface area contributed by atoms with Crippen molar-refractivity contribution in [3.63, 3.8) is 0 Å². The molecule has 0 spiro atoms. The maximum Gasteiger partial charge on any atom is 0.233 e. The van der Waals surface area contributed by atoms with E-state index < -0.39 is 15.8 Å². The van der Waals surface area contributed by atoms with Gasteiger partial charge in [-0.25, -0.2) is 13.1 Å². The number of sulfone groups is 1. The second-order valence-corrected chi connectivity index (χ2v) is 11.3. The van der Waals surface area contributed by atoms with E-state index in [2.05, 4.69) is 15.7 Å². The molecule has 2 atom stereocenters. The Morgan fingerprint density at radius 1 is 1.27 bits per heavy atom. The first kappa shape index (κ1) is 20.6. The van der Waals surface area contributed by atoms with Crippen LogP contribution in [0.5, 0.6) is 0 Å². The Morgan fingerprint density at radius 2 is 2.00 bits per heavy atom. The predicted molar refractivity (Wildman–Crippen MR) is 114 cm³/mol. The lowest BCUT2D eigenvalue weighted by atomic mass is 9.89. The van der Waals surface area contributed by atoms with Crippen molar-refractivity contribution < 1.29 is 18.0 Å². The number of carbonyl (C=O) groups is 2. The summed E-state index contributed by atoms with van der Waals surface area (Å²) in [4.78, 5) is 25.3. The molecule has 2 aliphatic rings. The van der Waals surface area contributed by atoms with Crippen molar-refractivity contribution in [2.75, 3.05) is 22.1 Å². The Kier molecular flexibility index (Phi) is 4.96. The lowest BCUT2D eigenvalue weighted by Gasteiger charge is -2.25. The van der Waals surface area contributed by atoms with Crippen LogP contribution >= 0.6 is 0 Å². The van der Waals surface area contributed by atoms with Gasteiger partial charge in [-0.1, -0.05) is 39.0 Å². The molecule has 2 aliphatic heterocycles. The second kappa shape index (κ2) is 7.23. The first-order valence-electron chi connectivity index (χ1n) is 10.0. The Hall–Kier alpha value is -2.68. The molecule has 8 nitrogen and oxygen atoms in total. The molecule has 2 N–H and O–H groups in total. The molecule has 160 valence electrons. The summed E-state index contributed by atoms with van der Waals surface area (Å²) >= 11 is 0. The minimum absolute atomic E-state index is 0.00972. The van der Waals surface area contributed by atoms with E-state index in [9.17, 15) is 18.0 Å². The predicted octanol–water partition coefficient (Wildman–Crippen LogP) is 2.60. The number of benzene rings is 1. The number of carbonyl (C=O) groups excluding carboxylic acids is 2. The number of aromatic nitrogens is 2. The van der Waals surface area contributed by atoms with Crippen LogP contribution in [0.2, 0.25) is 0 Å². The standard InChI is InChI=1S/C21H26N4O4S/c1-21(2,3)17-11-18(25(24-17)13-8-9-30(28,29)12-13)23-20(27)15-10-19(26)22-16-7-5-4-6-14(15)16/h4-7,11,13,15H,8-10,12H2,1-3H3,(H,22,26)(H,23,27). The van der Waals surface area contributed by atoms with E-state index in [1.54, 1.807) is 16.8 Å². The smallest absolute Gasteiger partial charge is 0.233 e. The molecular formula is C21H26N4O4S. The summed E-state index contributed by atoms with van der Waals surface area (Å²) < 4.78 is 25.6. The Morgan fingerprint density at radius 3 is 2.67 bits per heavy atom. The zero-order valence-electron chi connectivity index (χ0n) is 17.3. The molecule has 30 heavy (non-hydrogen) atoms. The van der Waals surface area contributed by atoms with Crippen LogP contribution in [0.25, 0.3) is 0 Å². The number of nitrogens with zero attached hydrogens (tertiary/aromatic N) is 2. The fourth-order valence-electron chi connectivity index (χ4n) is 3.96. The molecular weight excluding hydrogens is 404 g/mol. The van der Waals surface area contributed by atoms with Gasteiger partial charge in [0.15, 0.2) is 9.84 Å². The van der Waals surface area contributed by atoms with E-state index in [1.165, 1.54) is 0 Å². The third-order valence-electron chi connectivity index (χ3n) is 5.63. The van der Waals surface area contributed by atoms with Gasteiger partial charge < -0.3 is 10.6 Å². The zero-order valence-corrected chi connectivity index (χ0v) is 18.1. The number of para-hydroxylation sites is 1. The van der Waals surface area contributed by atoms with Gasteiger partial charge in [0.05, 0.1) is 29.2 Å². The molecule has 0 aliphatic carbocycles. The van der Waals surface area contributed by atoms with Crippen LogP contribution in [-0.4, -0.2) is 41.5 Å². The summed E-state index contributed by atoms with van der Waals surface area (Å²) in [5.41, 5.74) is 1.91. The molecule has 1 saturated heterocycles. The van der Waals surface area contributed by atoms with Crippen molar-refractivity contribution in [2.45, 2.75) is 51.0 Å². The van der Waals surface area contributed by atoms with Crippen molar-refractivity contribution in [3.05, 3.63) is 41.6 Å². The topological polar surface area (TPSA) is 110 Å². The van der Waals surface area contributed by atoms with Crippen LogP contribution in [0.15, 0.2) is 30.3 Å². The van der Waals surface area contributed by atoms with E-state index in [-0.39, 0.29) is 41.2 Å². The first-order chi connectivity index (χ1) is 14.0. The summed E-state index contributed by atoms with van der Waals surface area (Å²) in [6.07, 6.45) is 0.520. The van der Waals surface area contributed by atoms with Gasteiger partial charge in [-0.3, -0.25) is 9.59 Å². The van der Waals surface area contributed by atoms with E-state index >= 15 is 0 Å². The van der Waals surface area contributed by atoms with E-state index in [1.807, 2.05) is 39.0 Å². The van der Waals surface area contributed by atoms with Crippen molar-refractivity contribution in [3.8, 4) is 0 Å². The lowest BCUT2D eigenvalue weighted by Crippen LogP contribution is -2.31. The molecule has 0 saturated carbocycles. The van der Waals surface area contributed by atoms with Crippen molar-refractivity contribution >= 4 is 33.2 Å². The molecule has 2 aromatic rings. The third kappa shape index (κ3) is 3.98. The van der Waals surface area contributed by atoms with Crippen LogP contribution in [0, 0.1) is 0 Å². The maximum absolute atomic E-state index is 13.2. The number of hydrogen-bond donors (Lipinski definition) is 2. The molecule has 1 aromatic carbocycles. The Balaban J connectivity index is 1.67. The van der Waals surface area contributed by atoms with Crippen molar-refractivity contribution in [1.29, 1.82) is 0 Å². The molecule has 2 amide bonds. The van der Waals surface area contributed by atoms with Crippen molar-refractivity contribution in [1.82, 2.24) is 9.78 Å². The van der Waals surface area contributed by atoms with E-state index in [0.717, 1.165) is 11.3 Å². The first-order valence-corrected chi connectivity index (χ1v) is 11.9. The number of amides is 2. The molecule has 0 radical (unpaired) electrons. The average molecular weight is 431 g/mol. The summed E-state index contributed by atoms with van der Waals surface area (Å²) in [5.74, 6) is -0.541. The lowest BCUT2D eigenvalue weighted by molar-refractivity contribution is -0.123. The number of fused-ring (bicyclic) bond motifs is 1. The average Bonchev–Trinajstić information content (AvgIpc) is 3.23. The highest BCUT2D eigenvalue weighted by atomic mass is 32.2. The van der Waals surface area contributed by atoms with Gasteiger partial charge in [-0.05, 0) is 18.1 Å². The number of nitrogens with one attached hydrogen (secondary N) is 2. The third-order valence-corrected chi connectivity index (χ3v) is 7.38. The molecule has 2 unspecified atom stereocenters. The van der Waals surface area contributed by atoms with Gasteiger partial charge in [-0.2, -0.15) is 5.10 Å². The van der Waals surface area contributed by atoms with Crippen LogP contribution in [0.1, 0.15) is 56.8 Å². The maximum atomic E-state index is 13.2. The monoisotopic (exact) mass is 430 g/mol. The van der Waals surface area contributed by atoms with Gasteiger partial charge >= 0.3 is 0 Å². The molecule has 9 heteroatoms. The quantitative estimate of drug-likeness (QED) is 0.778. The Bertz CT molecular complexity index is 1110. The van der Waals surface area contributed by atoms with Gasteiger partial charge in [-0.15, -0.1) is 0 Å². The summed E-state index contributed by atoms with van der Waals surface area (Å²) in [6.45, 7) is 6.04. The molecule has 1 fully saturated rings. The fourth-order valence-corrected chi connectivity index (χ4v) is 5.65. The molecule has 3 heterocycles. The molecule has 0 bridgehead atoms. The van der Waals surface area contributed by atoms with Crippen LogP contribution in [0.3, 0.4) is 0 Å². The molecule has 1 aromatic heterocycles. The Labute approximate surface area is 176 Å². The highest BCUT2D eigenvalue weighted by Crippen LogP contribution is 2.35. The number of anilines is 2. The molecule has 4 rings (SSSR count). The van der Waals surface area contributed by atoms with E-state index in [4.69, 9.17) is 0 Å². The summed E-state index contributed by atoms with van der Waals surface area (Å²) in [6, 6.07) is 8.74. The fraction of sp³-hybridized carbons (Fsp3) is 0.476. The van der Waals surface area contributed by atoms with E-state index in [0.29, 0.717) is 17.9 Å². The second-order valence-electron chi connectivity index (χ2n) is 9.05. The minimum atomic E-state index is -3.11. The summed E-state index contributed by atoms with van der Waals surface area (Å²) in [7, 11) is -3.11. The van der Waals surface area contributed by atoms with Gasteiger partial charge in [0, 0.05) is 23.6 Å². The highest BCUT2D eigenvalue weighted by Gasteiger charge is 2.35. The zero-order chi connectivity index (χ0) is 21.7.